The molecule has 0 aliphatic carbocycles. The van der Waals surface area contributed by atoms with Crippen molar-refractivity contribution < 1.29 is 61.4 Å². The molecular formula is C20H37NO13S3. The van der Waals surface area contributed by atoms with Crippen LogP contribution in [0.15, 0.2) is 0 Å². The Labute approximate surface area is 225 Å². The van der Waals surface area contributed by atoms with Crippen molar-refractivity contribution in [1.82, 2.24) is 5.06 Å². The van der Waals surface area contributed by atoms with Crippen LogP contribution in [0.25, 0.3) is 0 Å². The minimum absolute atomic E-state index is 0.412. The first-order chi connectivity index (χ1) is 17.4. The van der Waals surface area contributed by atoms with Crippen LogP contribution in [0.4, 0.5) is 0 Å². The summed E-state index contributed by atoms with van der Waals surface area (Å²) in [6, 6.07) is 0. The van der Waals surface area contributed by atoms with Gasteiger partial charge >= 0.3 is 16.4 Å². The maximum atomic E-state index is 11.6. The predicted octanol–water partition coefficient (Wildman–Crippen LogP) is -0.861. The van der Waals surface area contributed by atoms with Crippen LogP contribution in [0, 0.1) is 5.92 Å². The third kappa shape index (κ3) is 8.86. The fourth-order valence-corrected chi connectivity index (χ4v) is 5.91. The second-order valence-electron chi connectivity index (χ2n) is 8.67. The summed E-state index contributed by atoms with van der Waals surface area (Å²) in [5.41, 5.74) is 0. The van der Waals surface area contributed by atoms with E-state index in [1.165, 1.54) is 12.2 Å². The topological polar surface area (TPSA) is 202 Å². The highest BCUT2D eigenvalue weighted by atomic mass is 32.3. The summed E-state index contributed by atoms with van der Waals surface area (Å²) in [7, 11) is -3.76. The van der Waals surface area contributed by atoms with Crippen molar-refractivity contribution in [2.75, 3.05) is 30.9 Å². The molecule has 218 valence electrons. The van der Waals surface area contributed by atoms with E-state index < -0.39 is 77.5 Å². The normalized spacial score (nSPS) is 37.1. The average molecular weight is 596 g/mol. The van der Waals surface area contributed by atoms with Crippen LogP contribution in [0.1, 0.15) is 26.7 Å². The fraction of sp³-hybridized carbons (Fsp3) is 0.950. The minimum Gasteiger partial charge on any atom is -0.479 e. The Hall–Kier alpha value is -0.280. The molecule has 5 N–H and O–H groups in total. The molecule has 17 heteroatoms. The summed E-state index contributed by atoms with van der Waals surface area (Å²) in [4.78, 5) is 17.1. The molecule has 0 amide bonds. The molecule has 0 saturated carbocycles. The monoisotopic (exact) mass is 595 g/mol. The lowest BCUT2D eigenvalue weighted by molar-refractivity contribution is -0.355. The number of hydrogen-bond acceptors (Lipinski definition) is 14. The SMILES string of the molecule is CCC1O[C@@H](N(CCCSCCS)OC)C(O)C(O[C@@H]2OC(C(=O)O)[C@@H](O)C(OS(=O)(=O)O)C2O)[C@H]1C. The maximum absolute atomic E-state index is 11.6. The molecule has 0 aromatic carbocycles. The van der Waals surface area contributed by atoms with E-state index in [1.807, 2.05) is 6.92 Å². The van der Waals surface area contributed by atoms with E-state index in [2.05, 4.69) is 16.8 Å². The standard InChI is InChI=1S/C20H37NO13S3/c1-4-11-10(2)15(13(23)18(31-11)21(30-3)6-5-8-36-9-7-35)32-20-14(24)16(34-37(27,28)29)12(22)17(33-20)19(25)26/h10-18,20,22-24,35H,4-9H2,1-3H3,(H,25,26)(H,27,28,29)/t10-,11?,12-,13?,14?,15?,16?,17?,18+,20+/m0/s1. The molecule has 0 bridgehead atoms. The van der Waals surface area contributed by atoms with E-state index in [1.54, 1.807) is 18.7 Å². The first-order valence-corrected chi connectivity index (χ1v) is 14.9. The molecule has 10 atom stereocenters. The number of carboxylic acids is 1. The predicted molar refractivity (Wildman–Crippen MR) is 133 cm³/mol. The highest BCUT2D eigenvalue weighted by Crippen LogP contribution is 2.35. The molecule has 6 unspecified atom stereocenters. The molecule has 0 radical (unpaired) electrons. The first-order valence-electron chi connectivity index (χ1n) is 11.7. The number of thiol groups is 1. The Morgan fingerprint density at radius 1 is 1.11 bits per heavy atom. The molecular weight excluding hydrogens is 558 g/mol. The summed E-state index contributed by atoms with van der Waals surface area (Å²) in [6.45, 7) is 3.99. The molecule has 2 rings (SSSR count). The minimum atomic E-state index is -5.19. The molecule has 0 spiro atoms. The summed E-state index contributed by atoms with van der Waals surface area (Å²) in [5, 5.41) is 42.9. The average Bonchev–Trinajstić information content (AvgIpc) is 2.83. The number of carbonyl (C=O) groups is 1. The van der Waals surface area contributed by atoms with Crippen molar-refractivity contribution in [3.63, 3.8) is 0 Å². The van der Waals surface area contributed by atoms with Gasteiger partial charge < -0.3 is 34.6 Å². The molecule has 0 aromatic heterocycles. The zero-order valence-corrected chi connectivity index (χ0v) is 23.3. The zero-order valence-electron chi connectivity index (χ0n) is 20.7. The number of hydroxylamine groups is 2. The number of aliphatic hydroxyl groups is 3. The van der Waals surface area contributed by atoms with Crippen LogP contribution in [0.5, 0.6) is 0 Å². The summed E-state index contributed by atoms with van der Waals surface area (Å²) >= 11 is 5.89. The van der Waals surface area contributed by atoms with Gasteiger partial charge in [-0.15, -0.1) is 0 Å². The Kier molecular flexibility index (Phi) is 13.3. The second-order valence-corrected chi connectivity index (χ2v) is 11.4. The quantitative estimate of drug-likeness (QED) is 0.0626. The number of rotatable bonds is 14. The third-order valence-corrected chi connectivity index (χ3v) is 8.24. The summed E-state index contributed by atoms with van der Waals surface area (Å²) in [6.07, 6.45) is -12.9. The van der Waals surface area contributed by atoms with E-state index >= 15 is 0 Å². The van der Waals surface area contributed by atoms with Gasteiger partial charge in [-0.2, -0.15) is 37.9 Å². The second kappa shape index (κ2) is 14.9. The maximum Gasteiger partial charge on any atom is 0.397 e. The summed E-state index contributed by atoms with van der Waals surface area (Å²) < 4.78 is 53.0. The number of carboxylic acid groups (broad SMARTS) is 1. The van der Waals surface area contributed by atoms with E-state index in [9.17, 15) is 33.6 Å². The van der Waals surface area contributed by atoms with E-state index in [4.69, 9.17) is 23.6 Å². The van der Waals surface area contributed by atoms with Gasteiger partial charge in [0.1, 0.15) is 24.4 Å². The van der Waals surface area contributed by atoms with Gasteiger partial charge in [0.2, 0.25) is 0 Å². The van der Waals surface area contributed by atoms with Crippen LogP contribution in [-0.2, 0) is 38.4 Å². The van der Waals surface area contributed by atoms with Gasteiger partial charge in [0.05, 0.1) is 19.3 Å². The molecule has 37 heavy (non-hydrogen) atoms. The van der Waals surface area contributed by atoms with Crippen LogP contribution >= 0.6 is 24.4 Å². The highest BCUT2D eigenvalue weighted by Gasteiger charge is 2.53. The van der Waals surface area contributed by atoms with Crippen LogP contribution in [0.3, 0.4) is 0 Å². The largest absolute Gasteiger partial charge is 0.479 e. The Bertz CT molecular complexity index is 821. The number of hydrogen-bond donors (Lipinski definition) is 6. The van der Waals surface area contributed by atoms with Gasteiger partial charge in [-0.1, -0.05) is 13.8 Å². The highest BCUT2D eigenvalue weighted by molar-refractivity contribution is 7.99. The lowest BCUT2D eigenvalue weighted by Gasteiger charge is -2.48. The van der Waals surface area contributed by atoms with Crippen molar-refractivity contribution in [3.05, 3.63) is 0 Å². The molecule has 0 aromatic rings. The molecule has 2 aliphatic rings. The molecule has 2 fully saturated rings. The van der Waals surface area contributed by atoms with Crippen molar-refractivity contribution >= 4 is 40.8 Å². The fourth-order valence-electron chi connectivity index (χ4n) is 4.35. The van der Waals surface area contributed by atoms with E-state index in [0.29, 0.717) is 19.4 Å². The summed E-state index contributed by atoms with van der Waals surface area (Å²) in [5.74, 6) is 0.286. The third-order valence-electron chi connectivity index (χ3n) is 6.18. The van der Waals surface area contributed by atoms with Gasteiger partial charge in [0, 0.05) is 18.2 Å². The number of aliphatic carboxylic acids is 1. The van der Waals surface area contributed by atoms with Crippen molar-refractivity contribution in [2.45, 2.75) is 81.9 Å². The Balaban J connectivity index is 2.25. The van der Waals surface area contributed by atoms with Crippen molar-refractivity contribution in [3.8, 4) is 0 Å². The zero-order chi connectivity index (χ0) is 27.9. The lowest BCUT2D eigenvalue weighted by atomic mass is 9.88. The Morgan fingerprint density at radius 2 is 1.78 bits per heavy atom. The molecule has 2 heterocycles. The number of nitrogens with zero attached hydrogens (tertiary/aromatic N) is 1. The van der Waals surface area contributed by atoms with Gasteiger partial charge in [0.15, 0.2) is 18.6 Å². The van der Waals surface area contributed by atoms with Gasteiger partial charge in [-0.25, -0.2) is 8.98 Å². The van der Waals surface area contributed by atoms with E-state index in [0.717, 1.165) is 17.3 Å². The van der Waals surface area contributed by atoms with Gasteiger partial charge in [-0.3, -0.25) is 9.39 Å². The molecule has 2 saturated heterocycles. The number of aliphatic hydroxyl groups excluding tert-OH is 3. The van der Waals surface area contributed by atoms with Gasteiger partial charge in [0.25, 0.3) is 0 Å². The van der Waals surface area contributed by atoms with Crippen LogP contribution in [-0.4, -0.2) is 131 Å². The lowest BCUT2D eigenvalue weighted by Crippen LogP contribution is -2.65. The Morgan fingerprint density at radius 3 is 2.32 bits per heavy atom. The van der Waals surface area contributed by atoms with E-state index in [-0.39, 0.29) is 0 Å². The van der Waals surface area contributed by atoms with Crippen LogP contribution in [0.2, 0.25) is 0 Å². The van der Waals surface area contributed by atoms with Gasteiger partial charge in [-0.05, 0) is 24.3 Å². The molecule has 14 nitrogen and oxygen atoms in total. The van der Waals surface area contributed by atoms with Crippen LogP contribution < -0.4 is 0 Å². The first kappa shape index (κ1) is 32.9. The smallest absolute Gasteiger partial charge is 0.397 e. The van der Waals surface area contributed by atoms with Crippen molar-refractivity contribution in [1.29, 1.82) is 0 Å². The van der Waals surface area contributed by atoms with Crippen molar-refractivity contribution in [2.24, 2.45) is 5.92 Å². The number of thioether (sulfide) groups is 1. The number of ether oxygens (including phenoxy) is 3. The molecule has 2 aliphatic heterocycles.